The van der Waals surface area contributed by atoms with Crippen LogP contribution < -0.4 is 15.2 Å². The van der Waals surface area contributed by atoms with E-state index in [1.54, 1.807) is 0 Å². The van der Waals surface area contributed by atoms with Crippen molar-refractivity contribution in [2.45, 2.75) is 12.8 Å². The molecule has 1 aliphatic heterocycles. The van der Waals surface area contributed by atoms with Crippen molar-refractivity contribution in [3.8, 4) is 11.5 Å². The molecule has 5 heteroatoms. The standard InChI is InChI=1S/C16H15F2NO2/c17-12-9-16(13(18)8-14(12)19)21-5-3-10-1-2-15-11(7-10)4-6-20-15/h1-2,7-9H,3-6,19H2. The number of rotatable bonds is 4. The molecule has 0 radical (unpaired) electrons. The predicted octanol–water partition coefficient (Wildman–Crippen LogP) is 3.10. The molecule has 1 aliphatic rings. The molecule has 0 fully saturated rings. The highest BCUT2D eigenvalue weighted by Gasteiger charge is 2.12. The predicted molar refractivity (Wildman–Crippen MR) is 75.6 cm³/mol. The Morgan fingerprint density at radius 2 is 2.00 bits per heavy atom. The lowest BCUT2D eigenvalue weighted by Crippen LogP contribution is -2.04. The third-order valence-electron chi connectivity index (χ3n) is 3.45. The zero-order chi connectivity index (χ0) is 14.8. The topological polar surface area (TPSA) is 44.5 Å². The molecule has 0 bridgehead atoms. The fourth-order valence-corrected chi connectivity index (χ4v) is 2.33. The number of halogens is 2. The van der Waals surface area contributed by atoms with E-state index in [1.165, 1.54) is 5.56 Å². The van der Waals surface area contributed by atoms with Gasteiger partial charge in [-0.1, -0.05) is 12.1 Å². The molecule has 0 aromatic heterocycles. The SMILES string of the molecule is Nc1cc(F)c(OCCc2ccc3c(c2)CCO3)cc1F. The average molecular weight is 291 g/mol. The molecule has 110 valence electrons. The summed E-state index contributed by atoms with van der Waals surface area (Å²) < 4.78 is 37.5. The summed E-state index contributed by atoms with van der Waals surface area (Å²) in [5.41, 5.74) is 7.31. The smallest absolute Gasteiger partial charge is 0.167 e. The van der Waals surface area contributed by atoms with Crippen molar-refractivity contribution >= 4 is 5.69 Å². The lowest BCUT2D eigenvalue weighted by atomic mass is 10.1. The van der Waals surface area contributed by atoms with Crippen LogP contribution in [0.3, 0.4) is 0 Å². The Morgan fingerprint density at radius 1 is 1.14 bits per heavy atom. The van der Waals surface area contributed by atoms with Crippen LogP contribution in [0, 0.1) is 11.6 Å². The number of hydrogen-bond acceptors (Lipinski definition) is 3. The zero-order valence-corrected chi connectivity index (χ0v) is 11.4. The molecular formula is C16H15F2NO2. The minimum atomic E-state index is -0.680. The first-order chi connectivity index (χ1) is 10.1. The van der Waals surface area contributed by atoms with Gasteiger partial charge in [-0.2, -0.15) is 0 Å². The minimum Gasteiger partial charge on any atom is -0.493 e. The highest BCUT2D eigenvalue weighted by Crippen LogP contribution is 2.26. The summed E-state index contributed by atoms with van der Waals surface area (Å²) in [6, 6.07) is 7.85. The van der Waals surface area contributed by atoms with Crippen LogP contribution in [0.4, 0.5) is 14.5 Å². The Hall–Kier alpha value is -2.30. The first-order valence-electron chi connectivity index (χ1n) is 6.75. The molecule has 0 saturated heterocycles. The van der Waals surface area contributed by atoms with Crippen LogP contribution in [-0.4, -0.2) is 13.2 Å². The van der Waals surface area contributed by atoms with Gasteiger partial charge in [0.15, 0.2) is 11.6 Å². The Morgan fingerprint density at radius 3 is 2.86 bits per heavy atom. The van der Waals surface area contributed by atoms with E-state index in [2.05, 4.69) is 6.07 Å². The molecule has 2 aromatic rings. The summed E-state index contributed by atoms with van der Waals surface area (Å²) in [4.78, 5) is 0. The Balaban J connectivity index is 1.62. The summed E-state index contributed by atoms with van der Waals surface area (Å²) in [5, 5.41) is 0. The first-order valence-corrected chi connectivity index (χ1v) is 6.75. The number of nitrogen functional groups attached to an aromatic ring is 1. The van der Waals surface area contributed by atoms with Gasteiger partial charge < -0.3 is 15.2 Å². The van der Waals surface area contributed by atoms with Gasteiger partial charge in [0.05, 0.1) is 18.9 Å². The van der Waals surface area contributed by atoms with E-state index in [0.717, 1.165) is 29.9 Å². The monoisotopic (exact) mass is 291 g/mol. The van der Waals surface area contributed by atoms with E-state index < -0.39 is 11.6 Å². The molecule has 0 saturated carbocycles. The molecule has 0 unspecified atom stereocenters. The molecule has 0 atom stereocenters. The third kappa shape index (κ3) is 2.91. The largest absolute Gasteiger partial charge is 0.493 e. The summed E-state index contributed by atoms with van der Waals surface area (Å²) in [6.07, 6.45) is 1.51. The number of fused-ring (bicyclic) bond motifs is 1. The molecule has 3 nitrogen and oxygen atoms in total. The van der Waals surface area contributed by atoms with Gasteiger partial charge >= 0.3 is 0 Å². The second-order valence-corrected chi connectivity index (χ2v) is 4.94. The number of anilines is 1. The second kappa shape index (κ2) is 5.60. The van der Waals surface area contributed by atoms with Gasteiger partial charge in [0.2, 0.25) is 0 Å². The maximum Gasteiger partial charge on any atom is 0.167 e. The van der Waals surface area contributed by atoms with Crippen LogP contribution in [0.1, 0.15) is 11.1 Å². The normalized spacial score (nSPS) is 12.9. The van der Waals surface area contributed by atoms with Crippen molar-refractivity contribution in [2.24, 2.45) is 0 Å². The molecule has 2 aromatic carbocycles. The van der Waals surface area contributed by atoms with Gasteiger partial charge in [-0.15, -0.1) is 0 Å². The lowest BCUT2D eigenvalue weighted by molar-refractivity contribution is 0.303. The molecule has 2 N–H and O–H groups in total. The average Bonchev–Trinajstić information content (AvgIpc) is 2.92. The molecular weight excluding hydrogens is 276 g/mol. The van der Waals surface area contributed by atoms with Crippen molar-refractivity contribution in [1.29, 1.82) is 0 Å². The van der Waals surface area contributed by atoms with E-state index in [0.29, 0.717) is 13.0 Å². The number of benzene rings is 2. The van der Waals surface area contributed by atoms with Gasteiger partial charge in [-0.05, 0) is 17.2 Å². The van der Waals surface area contributed by atoms with Crippen molar-refractivity contribution in [1.82, 2.24) is 0 Å². The number of ether oxygens (including phenoxy) is 2. The quantitative estimate of drug-likeness (QED) is 0.880. The number of hydrogen-bond donors (Lipinski definition) is 1. The second-order valence-electron chi connectivity index (χ2n) is 4.94. The van der Waals surface area contributed by atoms with Gasteiger partial charge in [0.1, 0.15) is 11.6 Å². The molecule has 21 heavy (non-hydrogen) atoms. The van der Waals surface area contributed by atoms with Crippen LogP contribution in [-0.2, 0) is 12.8 Å². The summed E-state index contributed by atoms with van der Waals surface area (Å²) >= 11 is 0. The minimum absolute atomic E-state index is 0.119. The van der Waals surface area contributed by atoms with Crippen molar-refractivity contribution in [3.05, 3.63) is 53.1 Å². The summed E-state index contributed by atoms with van der Waals surface area (Å²) in [5.74, 6) is -0.533. The van der Waals surface area contributed by atoms with Gasteiger partial charge in [0.25, 0.3) is 0 Å². The number of nitrogens with two attached hydrogens (primary N) is 1. The van der Waals surface area contributed by atoms with Crippen LogP contribution in [0.2, 0.25) is 0 Å². The van der Waals surface area contributed by atoms with Gasteiger partial charge in [0, 0.05) is 25.0 Å². The zero-order valence-electron chi connectivity index (χ0n) is 11.4. The van der Waals surface area contributed by atoms with E-state index in [4.69, 9.17) is 15.2 Å². The molecule has 0 aliphatic carbocycles. The van der Waals surface area contributed by atoms with E-state index in [9.17, 15) is 8.78 Å². The van der Waals surface area contributed by atoms with Crippen molar-refractivity contribution in [3.63, 3.8) is 0 Å². The van der Waals surface area contributed by atoms with Gasteiger partial charge in [-0.25, -0.2) is 8.78 Å². The highest BCUT2D eigenvalue weighted by molar-refractivity contribution is 5.44. The first kappa shape index (κ1) is 13.7. The summed E-state index contributed by atoms with van der Waals surface area (Å²) in [7, 11) is 0. The van der Waals surface area contributed by atoms with Crippen LogP contribution in [0.25, 0.3) is 0 Å². The van der Waals surface area contributed by atoms with Crippen molar-refractivity contribution < 1.29 is 18.3 Å². The fraction of sp³-hybridized carbons (Fsp3) is 0.250. The molecule has 0 amide bonds. The lowest BCUT2D eigenvalue weighted by Gasteiger charge is -2.09. The van der Waals surface area contributed by atoms with Gasteiger partial charge in [-0.3, -0.25) is 0 Å². The van der Waals surface area contributed by atoms with E-state index in [1.807, 2.05) is 12.1 Å². The van der Waals surface area contributed by atoms with Crippen LogP contribution >= 0.6 is 0 Å². The fourth-order valence-electron chi connectivity index (χ4n) is 2.33. The van der Waals surface area contributed by atoms with Crippen LogP contribution in [0.15, 0.2) is 30.3 Å². The maximum absolute atomic E-state index is 13.5. The third-order valence-corrected chi connectivity index (χ3v) is 3.45. The Labute approximate surface area is 121 Å². The Kier molecular flexibility index (Phi) is 3.64. The molecule has 3 rings (SSSR count). The molecule has 0 spiro atoms. The van der Waals surface area contributed by atoms with Crippen LogP contribution in [0.5, 0.6) is 11.5 Å². The van der Waals surface area contributed by atoms with E-state index in [-0.39, 0.29) is 18.0 Å². The molecule has 1 heterocycles. The van der Waals surface area contributed by atoms with Crippen molar-refractivity contribution in [2.75, 3.05) is 18.9 Å². The van der Waals surface area contributed by atoms with E-state index >= 15 is 0 Å². The summed E-state index contributed by atoms with van der Waals surface area (Å²) in [6.45, 7) is 0.977. The maximum atomic E-state index is 13.5. The highest BCUT2D eigenvalue weighted by atomic mass is 19.1. The Bertz CT molecular complexity index is 674.